The molecule has 4 atom stereocenters. The molecular weight excluding hydrogens is 252 g/mol. The molecule has 0 aromatic rings. The van der Waals surface area contributed by atoms with E-state index >= 15 is 0 Å². The van der Waals surface area contributed by atoms with E-state index in [0.717, 1.165) is 25.4 Å². The van der Waals surface area contributed by atoms with E-state index in [1.807, 2.05) is 0 Å². The molecule has 1 saturated carbocycles. The summed E-state index contributed by atoms with van der Waals surface area (Å²) in [5.41, 5.74) is 0. The molecule has 3 rings (SSSR count). The van der Waals surface area contributed by atoms with Crippen molar-refractivity contribution in [1.82, 2.24) is 10.2 Å². The number of hydrogen-bond acceptors (Lipinski definition) is 3. The summed E-state index contributed by atoms with van der Waals surface area (Å²) in [5.74, 6) is 1.17. The monoisotopic (exact) mass is 280 g/mol. The van der Waals surface area contributed by atoms with E-state index < -0.39 is 0 Å². The molecule has 4 nitrogen and oxygen atoms in total. The second-order valence-electron chi connectivity index (χ2n) is 6.64. The van der Waals surface area contributed by atoms with Gasteiger partial charge in [0.2, 0.25) is 5.91 Å². The van der Waals surface area contributed by atoms with Gasteiger partial charge in [0.05, 0.1) is 19.1 Å². The predicted octanol–water partition coefficient (Wildman–Crippen LogP) is 1.79. The fourth-order valence-corrected chi connectivity index (χ4v) is 4.22. The Labute approximate surface area is 122 Å². The molecule has 1 N–H and O–H groups in total. The van der Waals surface area contributed by atoms with E-state index in [4.69, 9.17) is 4.74 Å². The average Bonchev–Trinajstić information content (AvgIpc) is 3.11. The first-order valence-corrected chi connectivity index (χ1v) is 8.43. The van der Waals surface area contributed by atoms with Crippen LogP contribution in [0.1, 0.15) is 45.4 Å². The normalized spacial score (nSPS) is 37.1. The third-order valence-corrected chi connectivity index (χ3v) is 5.35. The van der Waals surface area contributed by atoms with E-state index in [0.29, 0.717) is 25.2 Å². The van der Waals surface area contributed by atoms with Gasteiger partial charge in [-0.2, -0.15) is 0 Å². The van der Waals surface area contributed by atoms with Gasteiger partial charge in [0, 0.05) is 18.6 Å². The van der Waals surface area contributed by atoms with Crippen molar-refractivity contribution in [3.8, 4) is 0 Å². The maximum atomic E-state index is 12.9. The van der Waals surface area contributed by atoms with Crippen molar-refractivity contribution in [2.45, 2.75) is 57.5 Å². The van der Waals surface area contributed by atoms with Crippen LogP contribution in [-0.4, -0.2) is 49.2 Å². The number of amides is 1. The van der Waals surface area contributed by atoms with Gasteiger partial charge in [-0.15, -0.1) is 0 Å². The lowest BCUT2D eigenvalue weighted by Gasteiger charge is -2.34. The van der Waals surface area contributed by atoms with Gasteiger partial charge in [0.1, 0.15) is 0 Å². The lowest BCUT2D eigenvalue weighted by molar-refractivity contribution is -0.137. The third kappa shape index (κ3) is 2.73. The van der Waals surface area contributed by atoms with Gasteiger partial charge in [-0.05, 0) is 38.1 Å². The Bertz CT molecular complexity index is 347. The van der Waals surface area contributed by atoms with Crippen LogP contribution in [0, 0.1) is 11.8 Å². The Balaban J connectivity index is 1.62. The first-order chi connectivity index (χ1) is 9.81. The van der Waals surface area contributed by atoms with Crippen molar-refractivity contribution in [1.29, 1.82) is 0 Å². The van der Waals surface area contributed by atoms with Crippen molar-refractivity contribution >= 4 is 5.91 Å². The molecule has 3 aliphatic rings. The van der Waals surface area contributed by atoms with Gasteiger partial charge in [-0.1, -0.05) is 19.8 Å². The van der Waals surface area contributed by atoms with Crippen molar-refractivity contribution in [2.24, 2.45) is 11.8 Å². The van der Waals surface area contributed by atoms with Crippen LogP contribution in [0.5, 0.6) is 0 Å². The lowest BCUT2D eigenvalue weighted by atomic mass is 9.85. The summed E-state index contributed by atoms with van der Waals surface area (Å²) in [5, 5.41) is 3.49. The Morgan fingerprint density at radius 2 is 2.10 bits per heavy atom. The minimum absolute atomic E-state index is 0.0437. The van der Waals surface area contributed by atoms with E-state index in [-0.39, 0.29) is 12.0 Å². The van der Waals surface area contributed by atoms with E-state index in [1.165, 1.54) is 32.1 Å². The molecule has 2 aliphatic heterocycles. The minimum atomic E-state index is 0.0437. The van der Waals surface area contributed by atoms with E-state index in [1.54, 1.807) is 0 Å². The number of fused-ring (bicyclic) bond motifs is 1. The second kappa shape index (κ2) is 6.44. The maximum absolute atomic E-state index is 12.9. The van der Waals surface area contributed by atoms with Crippen LogP contribution in [0.25, 0.3) is 0 Å². The number of carbonyl (C=O) groups is 1. The molecule has 20 heavy (non-hydrogen) atoms. The van der Waals surface area contributed by atoms with Crippen molar-refractivity contribution in [2.75, 3.05) is 26.3 Å². The quantitative estimate of drug-likeness (QED) is 0.853. The zero-order valence-electron chi connectivity index (χ0n) is 12.6. The zero-order chi connectivity index (χ0) is 13.9. The van der Waals surface area contributed by atoms with E-state index in [9.17, 15) is 4.79 Å². The van der Waals surface area contributed by atoms with Crippen LogP contribution in [0.15, 0.2) is 0 Å². The smallest absolute Gasteiger partial charge is 0.229 e. The maximum Gasteiger partial charge on any atom is 0.229 e. The van der Waals surface area contributed by atoms with Crippen molar-refractivity contribution in [3.63, 3.8) is 0 Å². The first-order valence-electron chi connectivity index (χ1n) is 8.43. The molecule has 1 amide bonds. The van der Waals surface area contributed by atoms with Gasteiger partial charge in [-0.25, -0.2) is 0 Å². The molecule has 0 aromatic heterocycles. The molecular formula is C16H28N2O2. The van der Waals surface area contributed by atoms with Gasteiger partial charge < -0.3 is 15.0 Å². The number of nitrogens with zero attached hydrogens (tertiary/aromatic N) is 1. The number of likely N-dealkylation sites (tertiary alicyclic amines) is 1. The molecule has 114 valence electrons. The lowest BCUT2D eigenvalue weighted by Crippen LogP contribution is -2.48. The number of carbonyl (C=O) groups excluding carboxylic acids is 1. The Morgan fingerprint density at radius 3 is 2.95 bits per heavy atom. The number of nitrogens with one attached hydrogen (secondary N) is 1. The topological polar surface area (TPSA) is 41.6 Å². The summed E-state index contributed by atoms with van der Waals surface area (Å²) in [7, 11) is 0. The summed E-state index contributed by atoms with van der Waals surface area (Å²) >= 11 is 0. The molecule has 0 bridgehead atoms. The van der Waals surface area contributed by atoms with Crippen LogP contribution in [0.3, 0.4) is 0 Å². The zero-order valence-corrected chi connectivity index (χ0v) is 12.6. The largest absolute Gasteiger partial charge is 0.379 e. The van der Waals surface area contributed by atoms with Gasteiger partial charge in [0.25, 0.3) is 0 Å². The third-order valence-electron chi connectivity index (χ3n) is 5.35. The highest BCUT2D eigenvalue weighted by molar-refractivity contribution is 5.80. The summed E-state index contributed by atoms with van der Waals surface area (Å²) in [6, 6.07) is 0.758. The molecule has 0 aromatic carbocycles. The molecule has 4 heteroatoms. The molecule has 1 aliphatic carbocycles. The Morgan fingerprint density at radius 1 is 1.25 bits per heavy atom. The highest BCUT2D eigenvalue weighted by Gasteiger charge is 2.43. The van der Waals surface area contributed by atoms with Crippen molar-refractivity contribution < 1.29 is 9.53 Å². The Kier molecular flexibility index (Phi) is 4.61. The van der Waals surface area contributed by atoms with E-state index in [2.05, 4.69) is 17.1 Å². The average molecular weight is 280 g/mol. The number of ether oxygens (including phenoxy) is 1. The SMILES string of the molecule is CCCNC1COCC1C(=O)N1CCC2CCCCC21. The first kappa shape index (κ1) is 14.3. The number of rotatable bonds is 4. The summed E-state index contributed by atoms with van der Waals surface area (Å²) < 4.78 is 5.57. The predicted molar refractivity (Wildman–Crippen MR) is 78.5 cm³/mol. The van der Waals surface area contributed by atoms with Crippen LogP contribution in [-0.2, 0) is 9.53 Å². The molecule has 2 heterocycles. The Hall–Kier alpha value is -0.610. The van der Waals surface area contributed by atoms with Gasteiger partial charge >= 0.3 is 0 Å². The van der Waals surface area contributed by atoms with Crippen LogP contribution >= 0.6 is 0 Å². The molecule has 0 spiro atoms. The summed E-state index contributed by atoms with van der Waals surface area (Å²) in [6.07, 6.45) is 7.52. The highest BCUT2D eigenvalue weighted by Crippen LogP contribution is 2.37. The van der Waals surface area contributed by atoms with Crippen LogP contribution in [0.4, 0.5) is 0 Å². The summed E-state index contributed by atoms with van der Waals surface area (Å²) in [6.45, 7) is 5.41. The molecule has 3 fully saturated rings. The minimum Gasteiger partial charge on any atom is -0.379 e. The van der Waals surface area contributed by atoms with Crippen LogP contribution in [0.2, 0.25) is 0 Å². The van der Waals surface area contributed by atoms with Gasteiger partial charge in [0.15, 0.2) is 0 Å². The second-order valence-corrected chi connectivity index (χ2v) is 6.64. The number of hydrogen-bond donors (Lipinski definition) is 1. The van der Waals surface area contributed by atoms with Crippen molar-refractivity contribution in [3.05, 3.63) is 0 Å². The standard InChI is InChI=1S/C16H28N2O2/c1-2-8-17-14-11-20-10-13(14)16(19)18-9-7-12-5-3-4-6-15(12)18/h12-15,17H,2-11H2,1H3. The van der Waals surface area contributed by atoms with Crippen LogP contribution < -0.4 is 5.32 Å². The highest BCUT2D eigenvalue weighted by atomic mass is 16.5. The molecule has 2 saturated heterocycles. The van der Waals surface area contributed by atoms with Gasteiger partial charge in [-0.3, -0.25) is 4.79 Å². The molecule has 4 unspecified atom stereocenters. The summed E-state index contributed by atoms with van der Waals surface area (Å²) in [4.78, 5) is 15.1. The fraction of sp³-hybridized carbons (Fsp3) is 0.938. The molecule has 0 radical (unpaired) electrons. The fourth-order valence-electron chi connectivity index (χ4n) is 4.22.